The van der Waals surface area contributed by atoms with E-state index in [1.165, 1.54) is 5.56 Å². The van der Waals surface area contributed by atoms with Gasteiger partial charge in [0.2, 0.25) is 11.8 Å². The molecule has 144 valence electrons. The first kappa shape index (κ1) is 18.4. The smallest absolute Gasteiger partial charge is 0.246 e. The van der Waals surface area contributed by atoms with E-state index in [9.17, 15) is 9.59 Å². The van der Waals surface area contributed by atoms with Gasteiger partial charge in [0.15, 0.2) is 0 Å². The zero-order chi connectivity index (χ0) is 19.3. The highest BCUT2D eigenvalue weighted by atomic mass is 16.2. The van der Waals surface area contributed by atoms with Crippen LogP contribution in [0.3, 0.4) is 0 Å². The molecule has 1 N–H and O–H groups in total. The summed E-state index contributed by atoms with van der Waals surface area (Å²) < 4.78 is 0. The Kier molecular flexibility index (Phi) is 5.51. The molecule has 0 radical (unpaired) electrons. The SMILES string of the molecule is O=C1CCc2cc(C=CC(=O)N3CCCC(c4ccccc4)CC3)cnc2N1. The predicted molar refractivity (Wildman–Crippen MR) is 110 cm³/mol. The molecule has 1 aromatic carbocycles. The summed E-state index contributed by atoms with van der Waals surface area (Å²) in [7, 11) is 0. The van der Waals surface area contributed by atoms with Crippen LogP contribution in [-0.4, -0.2) is 34.8 Å². The number of pyridine rings is 1. The molecular formula is C23H25N3O2. The monoisotopic (exact) mass is 375 g/mol. The van der Waals surface area contributed by atoms with Crippen LogP contribution >= 0.6 is 0 Å². The standard InChI is InChI=1S/C23H25N3O2/c27-21-10-9-20-15-17(16-24-23(20)25-21)8-11-22(28)26-13-4-7-19(12-14-26)18-5-2-1-3-6-18/h1-3,5-6,8,11,15-16,19H,4,7,9-10,12-14H2,(H,24,25,27). The molecule has 1 unspecified atom stereocenters. The minimum Gasteiger partial charge on any atom is -0.339 e. The molecule has 2 aromatic rings. The Morgan fingerprint density at radius 1 is 1.14 bits per heavy atom. The average molecular weight is 375 g/mol. The first-order chi connectivity index (χ1) is 13.7. The number of benzene rings is 1. The van der Waals surface area contributed by atoms with Crippen LogP contribution in [-0.2, 0) is 16.0 Å². The maximum absolute atomic E-state index is 12.7. The molecule has 2 amide bonds. The van der Waals surface area contributed by atoms with E-state index in [0.29, 0.717) is 24.6 Å². The van der Waals surface area contributed by atoms with Crippen molar-refractivity contribution in [1.29, 1.82) is 0 Å². The van der Waals surface area contributed by atoms with Crippen molar-refractivity contribution in [3.8, 4) is 0 Å². The maximum atomic E-state index is 12.7. The first-order valence-corrected chi connectivity index (χ1v) is 10.00. The molecular weight excluding hydrogens is 350 g/mol. The van der Waals surface area contributed by atoms with Crippen LogP contribution in [0.4, 0.5) is 5.82 Å². The average Bonchev–Trinajstić information content (AvgIpc) is 2.99. The maximum Gasteiger partial charge on any atom is 0.246 e. The van der Waals surface area contributed by atoms with Gasteiger partial charge in [0.05, 0.1) is 0 Å². The van der Waals surface area contributed by atoms with Gasteiger partial charge >= 0.3 is 0 Å². The van der Waals surface area contributed by atoms with Gasteiger partial charge in [-0.25, -0.2) is 4.98 Å². The Morgan fingerprint density at radius 3 is 2.86 bits per heavy atom. The van der Waals surface area contributed by atoms with Crippen LogP contribution < -0.4 is 5.32 Å². The van der Waals surface area contributed by atoms with Crippen molar-refractivity contribution >= 4 is 23.7 Å². The highest BCUT2D eigenvalue weighted by molar-refractivity contribution is 5.93. The number of nitrogens with one attached hydrogen (secondary N) is 1. The summed E-state index contributed by atoms with van der Waals surface area (Å²) in [4.78, 5) is 30.3. The van der Waals surface area contributed by atoms with Crippen LogP contribution in [0.2, 0.25) is 0 Å². The summed E-state index contributed by atoms with van der Waals surface area (Å²) in [5.74, 6) is 1.23. The Hall–Kier alpha value is -2.95. The largest absolute Gasteiger partial charge is 0.339 e. The van der Waals surface area contributed by atoms with Gasteiger partial charge in [0, 0.05) is 31.8 Å². The van der Waals surface area contributed by atoms with E-state index in [0.717, 1.165) is 43.5 Å². The number of anilines is 1. The number of nitrogens with zero attached hydrogens (tertiary/aromatic N) is 2. The van der Waals surface area contributed by atoms with Crippen LogP contribution in [0.1, 0.15) is 48.3 Å². The van der Waals surface area contributed by atoms with Crippen molar-refractivity contribution in [3.05, 3.63) is 65.4 Å². The number of amides is 2. The molecule has 5 heteroatoms. The second-order valence-electron chi connectivity index (χ2n) is 7.52. The molecule has 4 rings (SSSR count). The lowest BCUT2D eigenvalue weighted by molar-refractivity contribution is -0.126. The van der Waals surface area contributed by atoms with Crippen LogP contribution in [0.15, 0.2) is 48.7 Å². The Morgan fingerprint density at radius 2 is 2.00 bits per heavy atom. The van der Waals surface area contributed by atoms with E-state index in [1.54, 1.807) is 12.3 Å². The van der Waals surface area contributed by atoms with Crippen LogP contribution in [0.5, 0.6) is 0 Å². The molecule has 0 bridgehead atoms. The van der Waals surface area contributed by atoms with Gasteiger partial charge in [0.1, 0.15) is 5.82 Å². The fourth-order valence-corrected chi connectivity index (χ4v) is 4.01. The second kappa shape index (κ2) is 8.38. The van der Waals surface area contributed by atoms with Gasteiger partial charge in [-0.3, -0.25) is 9.59 Å². The molecule has 1 aromatic heterocycles. The van der Waals surface area contributed by atoms with Gasteiger partial charge in [-0.2, -0.15) is 0 Å². The third-order valence-corrected chi connectivity index (χ3v) is 5.60. The summed E-state index contributed by atoms with van der Waals surface area (Å²) in [5.41, 5.74) is 3.29. The zero-order valence-corrected chi connectivity index (χ0v) is 15.9. The number of carbonyl (C=O) groups excluding carboxylic acids is 2. The van der Waals surface area contributed by atoms with Crippen molar-refractivity contribution in [2.24, 2.45) is 0 Å². The number of likely N-dealkylation sites (tertiary alicyclic amines) is 1. The predicted octanol–water partition coefficient (Wildman–Crippen LogP) is 3.78. The molecule has 3 heterocycles. The normalized spacial score (nSPS) is 19.8. The van der Waals surface area contributed by atoms with Gasteiger partial charge in [0.25, 0.3) is 0 Å². The number of aromatic nitrogens is 1. The number of carbonyl (C=O) groups is 2. The summed E-state index contributed by atoms with van der Waals surface area (Å²) in [6.45, 7) is 1.60. The van der Waals surface area contributed by atoms with Crippen molar-refractivity contribution in [2.45, 2.75) is 38.0 Å². The topological polar surface area (TPSA) is 62.3 Å². The molecule has 28 heavy (non-hydrogen) atoms. The summed E-state index contributed by atoms with van der Waals surface area (Å²) >= 11 is 0. The van der Waals surface area contributed by atoms with E-state index >= 15 is 0 Å². The molecule has 0 saturated carbocycles. The minimum atomic E-state index is 0.00782. The van der Waals surface area contributed by atoms with Gasteiger partial charge in [-0.1, -0.05) is 30.3 Å². The van der Waals surface area contributed by atoms with Crippen LogP contribution in [0, 0.1) is 0 Å². The lowest BCUT2D eigenvalue weighted by atomic mass is 9.92. The molecule has 1 fully saturated rings. The van der Waals surface area contributed by atoms with Crippen molar-refractivity contribution in [1.82, 2.24) is 9.88 Å². The fourth-order valence-electron chi connectivity index (χ4n) is 4.01. The Balaban J connectivity index is 1.38. The van der Waals surface area contributed by atoms with E-state index in [2.05, 4.69) is 34.6 Å². The van der Waals surface area contributed by atoms with Gasteiger partial charge < -0.3 is 10.2 Å². The minimum absolute atomic E-state index is 0.00782. The Labute approximate surface area is 165 Å². The fraction of sp³-hybridized carbons (Fsp3) is 0.348. The van der Waals surface area contributed by atoms with Crippen molar-refractivity contribution in [3.63, 3.8) is 0 Å². The van der Waals surface area contributed by atoms with E-state index in [1.807, 2.05) is 23.1 Å². The van der Waals surface area contributed by atoms with E-state index in [-0.39, 0.29) is 11.8 Å². The number of rotatable bonds is 3. The third-order valence-electron chi connectivity index (χ3n) is 5.60. The number of aryl methyl sites for hydroxylation is 1. The highest BCUT2D eigenvalue weighted by Crippen LogP contribution is 2.28. The molecule has 2 aliphatic rings. The molecule has 0 spiro atoms. The molecule has 2 aliphatic heterocycles. The lowest BCUT2D eigenvalue weighted by Crippen LogP contribution is -2.30. The molecule has 1 atom stereocenters. The van der Waals surface area contributed by atoms with Crippen molar-refractivity contribution in [2.75, 3.05) is 18.4 Å². The highest BCUT2D eigenvalue weighted by Gasteiger charge is 2.20. The number of fused-ring (bicyclic) bond motifs is 1. The molecule has 0 aliphatic carbocycles. The van der Waals surface area contributed by atoms with Crippen molar-refractivity contribution < 1.29 is 9.59 Å². The summed E-state index contributed by atoms with van der Waals surface area (Å²) in [6.07, 6.45) is 9.50. The number of hydrogen-bond donors (Lipinski definition) is 1. The lowest BCUT2D eigenvalue weighted by Gasteiger charge is -2.19. The molecule has 5 nitrogen and oxygen atoms in total. The quantitative estimate of drug-likeness (QED) is 0.831. The second-order valence-corrected chi connectivity index (χ2v) is 7.52. The molecule has 1 saturated heterocycles. The third kappa shape index (κ3) is 4.30. The number of hydrogen-bond acceptors (Lipinski definition) is 3. The summed E-state index contributed by atoms with van der Waals surface area (Å²) in [6, 6.07) is 12.6. The summed E-state index contributed by atoms with van der Waals surface area (Å²) in [5, 5.41) is 2.78. The first-order valence-electron chi connectivity index (χ1n) is 10.00. The van der Waals surface area contributed by atoms with Gasteiger partial charge in [-0.15, -0.1) is 0 Å². The van der Waals surface area contributed by atoms with Crippen LogP contribution in [0.25, 0.3) is 6.08 Å². The Bertz CT molecular complexity index is 892. The zero-order valence-electron chi connectivity index (χ0n) is 15.9. The van der Waals surface area contributed by atoms with E-state index < -0.39 is 0 Å². The van der Waals surface area contributed by atoms with Gasteiger partial charge in [-0.05, 0) is 60.4 Å². The van der Waals surface area contributed by atoms with E-state index in [4.69, 9.17) is 0 Å².